The molecule has 1 atom stereocenters. The van der Waals surface area contributed by atoms with Crippen molar-refractivity contribution in [2.45, 2.75) is 25.4 Å². The predicted octanol–water partition coefficient (Wildman–Crippen LogP) is 1.55. The van der Waals surface area contributed by atoms with Gasteiger partial charge in [-0.15, -0.1) is 0 Å². The van der Waals surface area contributed by atoms with E-state index in [1.807, 2.05) is 18.2 Å². The summed E-state index contributed by atoms with van der Waals surface area (Å²) < 4.78 is 10.7. The summed E-state index contributed by atoms with van der Waals surface area (Å²) in [5, 5.41) is 3.59. The van der Waals surface area contributed by atoms with Gasteiger partial charge in [0.1, 0.15) is 12.4 Å². The molecule has 3 rings (SSSR count). The Morgan fingerprint density at radius 3 is 3.15 bits per heavy atom. The number of H-pyrrole nitrogens is 1. The molecule has 140 valence electrons. The molecular formula is C19H26N4O3. The number of hydrogen-bond acceptors (Lipinski definition) is 6. The first-order valence-corrected chi connectivity index (χ1v) is 8.99. The quantitative estimate of drug-likeness (QED) is 0.697. The third-order valence-electron chi connectivity index (χ3n) is 4.46. The molecule has 1 fully saturated rings. The van der Waals surface area contributed by atoms with E-state index in [9.17, 15) is 4.79 Å². The first kappa shape index (κ1) is 18.4. The van der Waals surface area contributed by atoms with E-state index in [1.165, 1.54) is 5.56 Å². The van der Waals surface area contributed by atoms with Crippen LogP contribution in [0.5, 0.6) is 5.75 Å². The summed E-state index contributed by atoms with van der Waals surface area (Å²) in [6.07, 6.45) is 5.31. The van der Waals surface area contributed by atoms with Crippen molar-refractivity contribution in [2.24, 2.45) is 0 Å². The zero-order valence-corrected chi connectivity index (χ0v) is 15.1. The molecule has 0 spiro atoms. The second-order valence-corrected chi connectivity index (χ2v) is 6.40. The highest BCUT2D eigenvalue weighted by molar-refractivity contribution is 5.36. The molecule has 2 aromatic rings. The Bertz CT molecular complexity index is 749. The molecule has 0 saturated carbocycles. The minimum absolute atomic E-state index is 0.131. The molecule has 1 aromatic carbocycles. The third kappa shape index (κ3) is 5.06. The number of piperidine rings is 1. The average Bonchev–Trinajstić information content (AvgIpc) is 2.68. The lowest BCUT2D eigenvalue weighted by Gasteiger charge is -2.33. The van der Waals surface area contributed by atoms with Gasteiger partial charge in [0.25, 0.3) is 5.56 Å². The Labute approximate surface area is 153 Å². The van der Waals surface area contributed by atoms with Crippen molar-refractivity contribution in [3.05, 3.63) is 52.6 Å². The summed E-state index contributed by atoms with van der Waals surface area (Å²) in [5.74, 6) is 1.36. The number of nitrogens with zero attached hydrogens (tertiary/aromatic N) is 2. The summed E-state index contributed by atoms with van der Waals surface area (Å²) in [5.41, 5.74) is 1.04. The monoisotopic (exact) mass is 358 g/mol. The van der Waals surface area contributed by atoms with E-state index in [4.69, 9.17) is 9.47 Å². The maximum absolute atomic E-state index is 11.9. The molecular weight excluding hydrogens is 332 g/mol. The van der Waals surface area contributed by atoms with Crippen LogP contribution < -0.4 is 20.5 Å². The van der Waals surface area contributed by atoms with Gasteiger partial charge in [-0.05, 0) is 30.5 Å². The summed E-state index contributed by atoms with van der Waals surface area (Å²) >= 11 is 0. The maximum atomic E-state index is 11.9. The molecule has 7 heteroatoms. The lowest BCUT2D eigenvalue weighted by molar-refractivity contribution is 0.146. The Balaban J connectivity index is 1.54. The van der Waals surface area contributed by atoms with Crippen LogP contribution in [0.4, 0.5) is 5.82 Å². The lowest BCUT2D eigenvalue weighted by atomic mass is 10.1. The van der Waals surface area contributed by atoms with E-state index in [0.717, 1.165) is 38.2 Å². The van der Waals surface area contributed by atoms with Crippen LogP contribution in [0.25, 0.3) is 0 Å². The molecule has 0 unspecified atom stereocenters. The lowest BCUT2D eigenvalue weighted by Crippen LogP contribution is -2.47. The number of methoxy groups -OCH3 is 1. The molecule has 0 radical (unpaired) electrons. The van der Waals surface area contributed by atoms with Crippen LogP contribution in [0.2, 0.25) is 0 Å². The molecule has 0 amide bonds. The number of aromatic nitrogens is 2. The van der Waals surface area contributed by atoms with E-state index in [2.05, 4.69) is 26.3 Å². The van der Waals surface area contributed by atoms with Crippen molar-refractivity contribution < 1.29 is 9.47 Å². The van der Waals surface area contributed by atoms with Crippen LogP contribution in [0.3, 0.4) is 0 Å². The average molecular weight is 358 g/mol. The van der Waals surface area contributed by atoms with Crippen LogP contribution in [-0.2, 0) is 11.3 Å². The Hall–Kier alpha value is -2.38. The van der Waals surface area contributed by atoms with Crippen molar-refractivity contribution in [1.82, 2.24) is 15.3 Å². The largest absolute Gasteiger partial charge is 0.491 e. The number of aromatic amines is 1. The summed E-state index contributed by atoms with van der Waals surface area (Å²) in [7, 11) is 1.66. The van der Waals surface area contributed by atoms with Crippen LogP contribution in [-0.4, -0.2) is 49.4 Å². The molecule has 26 heavy (non-hydrogen) atoms. The van der Waals surface area contributed by atoms with Crippen LogP contribution in [0.15, 0.2) is 41.5 Å². The fraction of sp³-hybridized carbons (Fsp3) is 0.474. The van der Waals surface area contributed by atoms with Crippen molar-refractivity contribution >= 4 is 5.82 Å². The van der Waals surface area contributed by atoms with E-state index < -0.39 is 0 Å². The van der Waals surface area contributed by atoms with Crippen LogP contribution in [0.1, 0.15) is 18.4 Å². The van der Waals surface area contributed by atoms with Gasteiger partial charge in [0, 0.05) is 45.2 Å². The van der Waals surface area contributed by atoms with E-state index in [0.29, 0.717) is 25.1 Å². The number of rotatable bonds is 8. The number of benzene rings is 1. The summed E-state index contributed by atoms with van der Waals surface area (Å²) in [6.45, 7) is 3.53. The molecule has 1 aliphatic rings. The van der Waals surface area contributed by atoms with Gasteiger partial charge < -0.3 is 24.7 Å². The van der Waals surface area contributed by atoms with Crippen molar-refractivity contribution in [3.63, 3.8) is 0 Å². The fourth-order valence-corrected chi connectivity index (χ4v) is 3.16. The number of ether oxygens (including phenoxy) is 2. The minimum atomic E-state index is -0.131. The molecule has 2 heterocycles. The first-order valence-electron chi connectivity index (χ1n) is 8.99. The smallest absolute Gasteiger partial charge is 0.290 e. The normalized spacial score (nSPS) is 17.3. The van der Waals surface area contributed by atoms with Gasteiger partial charge in [0.2, 0.25) is 0 Å². The molecule has 1 aliphatic heterocycles. The van der Waals surface area contributed by atoms with E-state index in [-0.39, 0.29) is 5.56 Å². The van der Waals surface area contributed by atoms with Crippen molar-refractivity contribution in [1.29, 1.82) is 0 Å². The molecule has 1 aromatic heterocycles. The number of anilines is 1. The second kappa shape index (κ2) is 9.35. The Kier molecular flexibility index (Phi) is 6.62. The Morgan fingerprint density at radius 2 is 2.31 bits per heavy atom. The second-order valence-electron chi connectivity index (χ2n) is 6.40. The standard InChI is InChI=1S/C19H26N4O3/c1-25-10-11-26-17-6-2-4-15(12-17)13-22-16-5-3-9-23(14-16)18-19(24)21-8-7-20-18/h2,4,6-8,12,16,22H,3,5,9-11,13-14H2,1H3,(H,21,24)/t16-/m0/s1. The molecule has 7 nitrogen and oxygen atoms in total. The van der Waals surface area contributed by atoms with E-state index in [1.54, 1.807) is 19.5 Å². The van der Waals surface area contributed by atoms with Gasteiger partial charge in [0.05, 0.1) is 6.61 Å². The summed E-state index contributed by atoms with van der Waals surface area (Å²) in [6, 6.07) is 8.41. The molecule has 0 bridgehead atoms. The minimum Gasteiger partial charge on any atom is -0.491 e. The van der Waals surface area contributed by atoms with Gasteiger partial charge in [0.15, 0.2) is 5.82 Å². The molecule has 2 N–H and O–H groups in total. The number of hydrogen-bond donors (Lipinski definition) is 2. The fourth-order valence-electron chi connectivity index (χ4n) is 3.16. The predicted molar refractivity (Wildman–Crippen MR) is 101 cm³/mol. The van der Waals surface area contributed by atoms with E-state index >= 15 is 0 Å². The zero-order chi connectivity index (χ0) is 18.2. The highest BCUT2D eigenvalue weighted by Crippen LogP contribution is 2.16. The Morgan fingerprint density at radius 1 is 1.38 bits per heavy atom. The van der Waals surface area contributed by atoms with Gasteiger partial charge in [-0.3, -0.25) is 4.79 Å². The van der Waals surface area contributed by atoms with Crippen molar-refractivity contribution in [2.75, 3.05) is 38.3 Å². The SMILES string of the molecule is COCCOc1cccc(CN[C@H]2CCCN(c3ncc[nH]c3=O)C2)c1. The third-order valence-corrected chi connectivity index (χ3v) is 4.46. The highest BCUT2D eigenvalue weighted by Gasteiger charge is 2.22. The molecule has 0 aliphatic carbocycles. The highest BCUT2D eigenvalue weighted by atomic mass is 16.5. The van der Waals surface area contributed by atoms with Gasteiger partial charge in [-0.1, -0.05) is 12.1 Å². The molecule has 1 saturated heterocycles. The zero-order valence-electron chi connectivity index (χ0n) is 15.1. The van der Waals surface area contributed by atoms with Crippen molar-refractivity contribution in [3.8, 4) is 5.75 Å². The van der Waals surface area contributed by atoms with Gasteiger partial charge in [-0.2, -0.15) is 0 Å². The maximum Gasteiger partial charge on any atom is 0.290 e. The summed E-state index contributed by atoms with van der Waals surface area (Å²) in [4.78, 5) is 20.9. The first-order chi connectivity index (χ1) is 12.8. The van der Waals surface area contributed by atoms with Gasteiger partial charge in [-0.25, -0.2) is 4.98 Å². The number of nitrogens with one attached hydrogen (secondary N) is 2. The van der Waals surface area contributed by atoms with Gasteiger partial charge >= 0.3 is 0 Å². The van der Waals surface area contributed by atoms with Crippen LogP contribution >= 0.6 is 0 Å². The topological polar surface area (TPSA) is 79.5 Å². The van der Waals surface area contributed by atoms with Crippen LogP contribution in [0, 0.1) is 0 Å².